The molecule has 0 aromatic heterocycles. The molecular formula is C11H18FN. The molecule has 0 aromatic carbocycles. The molecule has 74 valence electrons. The number of alkyl halides is 1. The van der Waals surface area contributed by atoms with Crippen molar-refractivity contribution in [2.24, 2.45) is 5.92 Å². The van der Waals surface area contributed by atoms with Crippen LogP contribution in [0.15, 0.2) is 12.2 Å². The second kappa shape index (κ2) is 2.81. The molecule has 1 nitrogen and oxygen atoms in total. The van der Waals surface area contributed by atoms with Gasteiger partial charge in [-0.25, -0.2) is 4.39 Å². The Bertz CT molecular complexity index is 236. The first kappa shape index (κ1) is 9.20. The molecule has 2 unspecified atom stereocenters. The molecule has 2 heteroatoms. The maximum atomic E-state index is 13.3. The van der Waals surface area contributed by atoms with E-state index >= 15 is 0 Å². The summed E-state index contributed by atoms with van der Waals surface area (Å²) in [5.74, 6) is 0.535. The van der Waals surface area contributed by atoms with Crippen LogP contribution in [0.1, 0.15) is 26.7 Å². The highest BCUT2D eigenvalue weighted by Crippen LogP contribution is 2.46. The first-order chi connectivity index (χ1) is 6.04. The fraction of sp³-hybridized carbons (Fsp3) is 0.818. The predicted molar refractivity (Wildman–Crippen MR) is 52.4 cm³/mol. The average molecular weight is 183 g/mol. The first-order valence-corrected chi connectivity index (χ1v) is 5.10. The summed E-state index contributed by atoms with van der Waals surface area (Å²) in [6.07, 6.45) is 1.10. The Morgan fingerprint density at radius 3 is 2.85 bits per heavy atom. The Kier molecular flexibility index (Phi) is 1.99. The van der Waals surface area contributed by atoms with E-state index in [1.165, 1.54) is 5.57 Å². The van der Waals surface area contributed by atoms with Crippen LogP contribution in [-0.2, 0) is 0 Å². The molecule has 2 heterocycles. The number of halogens is 1. The highest BCUT2D eigenvalue weighted by atomic mass is 19.1. The van der Waals surface area contributed by atoms with E-state index in [1.54, 1.807) is 0 Å². The van der Waals surface area contributed by atoms with Crippen molar-refractivity contribution < 1.29 is 4.39 Å². The molecular weight excluding hydrogens is 165 g/mol. The van der Waals surface area contributed by atoms with E-state index in [9.17, 15) is 4.39 Å². The Balaban J connectivity index is 2.26. The molecule has 2 aliphatic rings. The molecule has 2 aliphatic heterocycles. The van der Waals surface area contributed by atoms with Crippen molar-refractivity contribution in [1.82, 2.24) is 4.90 Å². The zero-order chi connectivity index (χ0) is 9.64. The molecule has 2 rings (SSSR count). The monoisotopic (exact) mass is 183 g/mol. The van der Waals surface area contributed by atoms with Crippen molar-refractivity contribution in [1.29, 1.82) is 0 Å². The zero-order valence-electron chi connectivity index (χ0n) is 8.52. The molecule has 2 fully saturated rings. The topological polar surface area (TPSA) is 3.24 Å². The van der Waals surface area contributed by atoms with Gasteiger partial charge in [0, 0.05) is 18.6 Å². The van der Waals surface area contributed by atoms with E-state index in [1.807, 2.05) is 0 Å². The lowest BCUT2D eigenvalue weighted by molar-refractivity contribution is 0.136. The van der Waals surface area contributed by atoms with Gasteiger partial charge in [-0.15, -0.1) is 0 Å². The summed E-state index contributed by atoms with van der Waals surface area (Å²) >= 11 is 0. The van der Waals surface area contributed by atoms with Crippen LogP contribution in [0.4, 0.5) is 4.39 Å². The molecule has 0 radical (unpaired) electrons. The normalized spacial score (nSPS) is 40.3. The van der Waals surface area contributed by atoms with Crippen molar-refractivity contribution in [3.63, 3.8) is 0 Å². The lowest BCUT2D eigenvalue weighted by Gasteiger charge is -2.35. The van der Waals surface area contributed by atoms with Gasteiger partial charge in [0.05, 0.1) is 0 Å². The zero-order valence-corrected chi connectivity index (χ0v) is 8.52. The second-order valence-corrected chi connectivity index (χ2v) is 4.87. The maximum Gasteiger partial charge on any atom is 0.115 e. The molecule has 0 saturated carbocycles. The SMILES string of the molecule is C=C1CN2CC(F)CC2(C(C)C)C1. The first-order valence-electron chi connectivity index (χ1n) is 5.10. The number of rotatable bonds is 1. The van der Waals surface area contributed by atoms with E-state index in [2.05, 4.69) is 25.3 Å². The van der Waals surface area contributed by atoms with Crippen molar-refractivity contribution in [3.8, 4) is 0 Å². The van der Waals surface area contributed by atoms with Crippen LogP contribution in [-0.4, -0.2) is 29.7 Å². The van der Waals surface area contributed by atoms with Crippen molar-refractivity contribution >= 4 is 0 Å². The fourth-order valence-corrected chi connectivity index (χ4v) is 2.97. The summed E-state index contributed by atoms with van der Waals surface area (Å²) in [6.45, 7) is 9.96. The summed E-state index contributed by atoms with van der Waals surface area (Å²) in [7, 11) is 0. The highest BCUT2D eigenvalue weighted by molar-refractivity contribution is 5.19. The molecule has 0 amide bonds. The molecule has 2 atom stereocenters. The summed E-state index contributed by atoms with van der Waals surface area (Å²) in [5.41, 5.74) is 1.39. The lowest BCUT2D eigenvalue weighted by atomic mass is 9.82. The summed E-state index contributed by atoms with van der Waals surface area (Å²) in [4.78, 5) is 2.30. The Morgan fingerprint density at radius 2 is 2.31 bits per heavy atom. The molecule has 0 N–H and O–H groups in total. The smallest absolute Gasteiger partial charge is 0.115 e. The van der Waals surface area contributed by atoms with Crippen LogP contribution in [0.2, 0.25) is 0 Å². The van der Waals surface area contributed by atoms with Gasteiger partial charge in [0.2, 0.25) is 0 Å². The van der Waals surface area contributed by atoms with Gasteiger partial charge >= 0.3 is 0 Å². The van der Waals surface area contributed by atoms with Gasteiger partial charge < -0.3 is 0 Å². The minimum atomic E-state index is -0.615. The van der Waals surface area contributed by atoms with Crippen LogP contribution in [0.25, 0.3) is 0 Å². The lowest BCUT2D eigenvalue weighted by Crippen LogP contribution is -2.42. The summed E-state index contributed by atoms with van der Waals surface area (Å²) in [6, 6.07) is 0. The molecule has 0 aromatic rings. The van der Waals surface area contributed by atoms with Gasteiger partial charge in [0.1, 0.15) is 6.17 Å². The molecule has 0 bridgehead atoms. The van der Waals surface area contributed by atoms with Gasteiger partial charge in [-0.1, -0.05) is 26.0 Å². The molecule has 2 saturated heterocycles. The van der Waals surface area contributed by atoms with Gasteiger partial charge in [-0.05, 0) is 18.8 Å². The standard InChI is InChI=1S/C11H18FN/c1-8(2)11-4-9(3)6-13(11)7-10(12)5-11/h8,10H,3-7H2,1-2H3. The second-order valence-electron chi connectivity index (χ2n) is 4.87. The van der Waals surface area contributed by atoms with Crippen LogP contribution >= 0.6 is 0 Å². The Hall–Kier alpha value is -0.370. The van der Waals surface area contributed by atoms with Gasteiger partial charge in [-0.2, -0.15) is 0 Å². The minimum Gasteiger partial charge on any atom is -0.290 e. The number of fused-ring (bicyclic) bond motifs is 1. The van der Waals surface area contributed by atoms with Crippen molar-refractivity contribution in [2.45, 2.75) is 38.4 Å². The van der Waals surface area contributed by atoms with E-state index < -0.39 is 6.17 Å². The van der Waals surface area contributed by atoms with E-state index in [-0.39, 0.29) is 5.54 Å². The third-order valence-electron chi connectivity index (χ3n) is 3.67. The largest absolute Gasteiger partial charge is 0.290 e. The third kappa shape index (κ3) is 1.23. The van der Waals surface area contributed by atoms with Crippen molar-refractivity contribution in [2.75, 3.05) is 13.1 Å². The minimum absolute atomic E-state index is 0.108. The van der Waals surface area contributed by atoms with E-state index in [0.29, 0.717) is 18.9 Å². The average Bonchev–Trinajstić information content (AvgIpc) is 2.40. The number of nitrogens with zero attached hydrogens (tertiary/aromatic N) is 1. The number of hydrogen-bond donors (Lipinski definition) is 0. The van der Waals surface area contributed by atoms with Gasteiger partial charge in [0.15, 0.2) is 0 Å². The van der Waals surface area contributed by atoms with Crippen LogP contribution in [0, 0.1) is 5.92 Å². The van der Waals surface area contributed by atoms with Crippen LogP contribution < -0.4 is 0 Å². The molecule has 0 spiro atoms. The summed E-state index contributed by atoms with van der Waals surface area (Å²) in [5, 5.41) is 0. The molecule has 13 heavy (non-hydrogen) atoms. The maximum absolute atomic E-state index is 13.3. The third-order valence-corrected chi connectivity index (χ3v) is 3.67. The molecule has 0 aliphatic carbocycles. The Labute approximate surface area is 79.6 Å². The number of hydrogen-bond acceptors (Lipinski definition) is 1. The predicted octanol–water partition coefficient (Wildman–Crippen LogP) is 2.38. The highest BCUT2D eigenvalue weighted by Gasteiger charge is 2.51. The van der Waals surface area contributed by atoms with E-state index in [0.717, 1.165) is 13.0 Å². The Morgan fingerprint density at radius 1 is 1.62 bits per heavy atom. The van der Waals surface area contributed by atoms with Crippen molar-refractivity contribution in [3.05, 3.63) is 12.2 Å². The van der Waals surface area contributed by atoms with E-state index in [4.69, 9.17) is 0 Å². The summed E-state index contributed by atoms with van der Waals surface area (Å²) < 4.78 is 13.3. The van der Waals surface area contributed by atoms with Crippen LogP contribution in [0.3, 0.4) is 0 Å². The van der Waals surface area contributed by atoms with Gasteiger partial charge in [-0.3, -0.25) is 4.90 Å². The van der Waals surface area contributed by atoms with Crippen LogP contribution in [0.5, 0.6) is 0 Å². The fourth-order valence-electron chi connectivity index (χ4n) is 2.97. The quantitative estimate of drug-likeness (QED) is 0.564. The van der Waals surface area contributed by atoms with Gasteiger partial charge in [0.25, 0.3) is 0 Å².